The van der Waals surface area contributed by atoms with Crippen LogP contribution in [0.4, 0.5) is 0 Å². The van der Waals surface area contributed by atoms with E-state index in [-0.39, 0.29) is 11.7 Å². The van der Waals surface area contributed by atoms with Gasteiger partial charge in [-0.15, -0.1) is 0 Å². The maximum absolute atomic E-state index is 5.63. The lowest BCUT2D eigenvalue weighted by molar-refractivity contribution is -0.0771. The lowest BCUT2D eigenvalue weighted by Gasteiger charge is -2.25. The molecule has 0 saturated carbocycles. The van der Waals surface area contributed by atoms with Crippen LogP contribution in [0.15, 0.2) is 0 Å². The minimum Gasteiger partial charge on any atom is -0.382 e. The van der Waals surface area contributed by atoms with Gasteiger partial charge in [0.25, 0.3) is 0 Å². The summed E-state index contributed by atoms with van der Waals surface area (Å²) >= 11 is 3.38. The van der Waals surface area contributed by atoms with E-state index in [0.717, 1.165) is 5.33 Å². The van der Waals surface area contributed by atoms with Gasteiger partial charge in [0.05, 0.1) is 18.8 Å². The van der Waals surface area contributed by atoms with E-state index in [1.165, 1.54) is 0 Å². The third kappa shape index (κ3) is 6.43. The molecular weight excluding hydrogens is 236 g/mol. The Hall–Kier alpha value is 0.360. The predicted octanol–water partition coefficient (Wildman–Crippen LogP) is 1.84. The molecule has 0 aliphatic carbocycles. The second-order valence-electron chi connectivity index (χ2n) is 3.52. The Bertz CT molecular complexity index is 128. The molecule has 0 rings (SSSR count). The number of methoxy groups -OCH3 is 2. The van der Waals surface area contributed by atoms with Crippen LogP contribution in [0.2, 0.25) is 0 Å². The molecule has 0 radical (unpaired) electrons. The third-order valence-electron chi connectivity index (χ3n) is 1.67. The number of ether oxygens (including phenoxy) is 3. The molecule has 0 aromatic carbocycles. The normalized spacial score (nSPS) is 14.5. The number of halogens is 1. The van der Waals surface area contributed by atoms with Crippen LogP contribution >= 0.6 is 15.9 Å². The highest BCUT2D eigenvalue weighted by atomic mass is 79.9. The minimum absolute atomic E-state index is 0.0170. The quantitative estimate of drug-likeness (QED) is 0.650. The zero-order chi connectivity index (χ0) is 10.3. The van der Waals surface area contributed by atoms with E-state index in [1.807, 2.05) is 13.8 Å². The van der Waals surface area contributed by atoms with Crippen LogP contribution in [0.25, 0.3) is 0 Å². The first-order valence-electron chi connectivity index (χ1n) is 4.27. The molecule has 0 N–H and O–H groups in total. The van der Waals surface area contributed by atoms with Crippen molar-refractivity contribution in [3.8, 4) is 0 Å². The monoisotopic (exact) mass is 254 g/mol. The fourth-order valence-electron chi connectivity index (χ4n) is 0.727. The fraction of sp³-hybridized carbons (Fsp3) is 1.00. The molecule has 1 unspecified atom stereocenters. The Morgan fingerprint density at radius 3 is 2.23 bits per heavy atom. The van der Waals surface area contributed by atoms with E-state index in [4.69, 9.17) is 14.2 Å². The maximum Gasteiger partial charge on any atom is 0.104 e. The first kappa shape index (κ1) is 13.4. The summed E-state index contributed by atoms with van der Waals surface area (Å²) in [5.74, 6) is 0. The van der Waals surface area contributed by atoms with Crippen molar-refractivity contribution in [2.45, 2.75) is 25.6 Å². The van der Waals surface area contributed by atoms with Gasteiger partial charge in [0.1, 0.15) is 6.10 Å². The van der Waals surface area contributed by atoms with Crippen molar-refractivity contribution in [2.24, 2.45) is 0 Å². The summed E-state index contributed by atoms with van der Waals surface area (Å²) in [6.45, 7) is 5.18. The molecule has 0 aromatic rings. The van der Waals surface area contributed by atoms with Gasteiger partial charge in [-0.3, -0.25) is 0 Å². The summed E-state index contributed by atoms with van der Waals surface area (Å²) < 4.78 is 15.8. The van der Waals surface area contributed by atoms with Crippen molar-refractivity contribution < 1.29 is 14.2 Å². The van der Waals surface area contributed by atoms with Crippen molar-refractivity contribution in [2.75, 3.05) is 32.8 Å². The zero-order valence-electron chi connectivity index (χ0n) is 8.80. The molecule has 0 aliphatic rings. The number of hydrogen-bond donors (Lipinski definition) is 0. The molecule has 0 fully saturated rings. The van der Waals surface area contributed by atoms with E-state index < -0.39 is 0 Å². The van der Waals surface area contributed by atoms with E-state index in [2.05, 4.69) is 15.9 Å². The van der Waals surface area contributed by atoms with E-state index >= 15 is 0 Å². The molecule has 0 bridgehead atoms. The molecule has 80 valence electrons. The molecule has 0 heterocycles. The van der Waals surface area contributed by atoms with Crippen LogP contribution < -0.4 is 0 Å². The SMILES string of the molecule is COCC(COC(C)(C)CBr)OC. The van der Waals surface area contributed by atoms with Gasteiger partial charge >= 0.3 is 0 Å². The molecule has 1 atom stereocenters. The molecule has 0 aromatic heterocycles. The summed E-state index contributed by atoms with van der Waals surface area (Å²) in [6, 6.07) is 0. The number of hydrogen-bond acceptors (Lipinski definition) is 3. The Morgan fingerprint density at radius 1 is 1.23 bits per heavy atom. The van der Waals surface area contributed by atoms with Gasteiger partial charge in [0, 0.05) is 19.5 Å². The minimum atomic E-state index is -0.148. The summed E-state index contributed by atoms with van der Waals surface area (Å²) in [5, 5.41) is 0.809. The van der Waals surface area contributed by atoms with Gasteiger partial charge in [0.15, 0.2) is 0 Å². The third-order valence-corrected chi connectivity index (χ3v) is 3.02. The van der Waals surface area contributed by atoms with Crippen LogP contribution in [-0.4, -0.2) is 44.5 Å². The standard InChI is InChI=1S/C9H19BrO3/c1-9(2,7-10)13-6-8(12-4)5-11-3/h8H,5-7H2,1-4H3. The van der Waals surface area contributed by atoms with Crippen molar-refractivity contribution in [1.82, 2.24) is 0 Å². The number of rotatable bonds is 7. The van der Waals surface area contributed by atoms with Crippen LogP contribution in [0.1, 0.15) is 13.8 Å². The summed E-state index contributed by atoms with van der Waals surface area (Å²) in [5.41, 5.74) is -0.148. The van der Waals surface area contributed by atoms with E-state index in [1.54, 1.807) is 14.2 Å². The van der Waals surface area contributed by atoms with Crippen LogP contribution in [-0.2, 0) is 14.2 Å². The lowest BCUT2D eigenvalue weighted by atomic mass is 10.2. The van der Waals surface area contributed by atoms with Crippen molar-refractivity contribution in [1.29, 1.82) is 0 Å². The van der Waals surface area contributed by atoms with Gasteiger partial charge in [0.2, 0.25) is 0 Å². The van der Waals surface area contributed by atoms with Crippen LogP contribution in [0.3, 0.4) is 0 Å². The Labute approximate surface area is 88.9 Å². The van der Waals surface area contributed by atoms with Crippen LogP contribution in [0, 0.1) is 0 Å². The first-order chi connectivity index (χ1) is 6.05. The van der Waals surface area contributed by atoms with Gasteiger partial charge in [-0.1, -0.05) is 15.9 Å². The average molecular weight is 255 g/mol. The fourth-order valence-corrected chi connectivity index (χ4v) is 0.889. The molecule has 4 heteroatoms. The molecule has 0 aliphatic heterocycles. The largest absolute Gasteiger partial charge is 0.382 e. The highest BCUT2D eigenvalue weighted by Crippen LogP contribution is 2.13. The van der Waals surface area contributed by atoms with E-state index in [0.29, 0.717) is 13.2 Å². The maximum atomic E-state index is 5.63. The highest BCUT2D eigenvalue weighted by molar-refractivity contribution is 9.09. The molecular formula is C9H19BrO3. The summed E-state index contributed by atoms with van der Waals surface area (Å²) in [7, 11) is 3.32. The Morgan fingerprint density at radius 2 is 1.85 bits per heavy atom. The summed E-state index contributed by atoms with van der Waals surface area (Å²) in [4.78, 5) is 0. The molecule has 0 spiro atoms. The number of alkyl halides is 1. The second-order valence-corrected chi connectivity index (χ2v) is 4.08. The van der Waals surface area contributed by atoms with Crippen molar-refractivity contribution >= 4 is 15.9 Å². The molecule has 0 saturated heterocycles. The molecule has 13 heavy (non-hydrogen) atoms. The Balaban J connectivity index is 3.70. The zero-order valence-corrected chi connectivity index (χ0v) is 10.4. The Kier molecular flexibility index (Phi) is 6.95. The summed E-state index contributed by atoms with van der Waals surface area (Å²) in [6.07, 6.45) is 0.0170. The average Bonchev–Trinajstić information content (AvgIpc) is 2.12. The highest BCUT2D eigenvalue weighted by Gasteiger charge is 2.18. The first-order valence-corrected chi connectivity index (χ1v) is 5.39. The smallest absolute Gasteiger partial charge is 0.104 e. The molecule has 3 nitrogen and oxygen atoms in total. The van der Waals surface area contributed by atoms with Gasteiger partial charge < -0.3 is 14.2 Å². The van der Waals surface area contributed by atoms with Gasteiger partial charge in [-0.05, 0) is 13.8 Å². The van der Waals surface area contributed by atoms with E-state index in [9.17, 15) is 0 Å². The van der Waals surface area contributed by atoms with Gasteiger partial charge in [-0.2, -0.15) is 0 Å². The topological polar surface area (TPSA) is 27.7 Å². The molecule has 0 amide bonds. The van der Waals surface area contributed by atoms with Crippen LogP contribution in [0.5, 0.6) is 0 Å². The van der Waals surface area contributed by atoms with Crippen molar-refractivity contribution in [3.05, 3.63) is 0 Å². The lowest BCUT2D eigenvalue weighted by Crippen LogP contribution is -2.33. The second kappa shape index (κ2) is 6.76. The van der Waals surface area contributed by atoms with Crippen molar-refractivity contribution in [3.63, 3.8) is 0 Å². The predicted molar refractivity (Wildman–Crippen MR) is 56.5 cm³/mol. The van der Waals surface area contributed by atoms with Gasteiger partial charge in [-0.25, -0.2) is 0 Å².